The maximum absolute atomic E-state index is 9.08. The number of aryl methyl sites for hydroxylation is 1. The van der Waals surface area contributed by atoms with Crippen molar-refractivity contribution in [1.29, 1.82) is 0 Å². The third-order valence-corrected chi connectivity index (χ3v) is 1.39. The topological polar surface area (TPSA) is 50.9 Å². The number of rotatable bonds is 4. The van der Waals surface area contributed by atoms with Crippen molar-refractivity contribution in [3.63, 3.8) is 0 Å². The zero-order chi connectivity index (χ0) is 8.10. The third kappa shape index (κ3) is 2.51. The normalized spacial score (nSPS) is 12.8. The van der Waals surface area contributed by atoms with Crippen LogP contribution in [0.4, 0.5) is 0 Å². The van der Waals surface area contributed by atoms with Crippen molar-refractivity contribution < 1.29 is 5.11 Å². The van der Waals surface area contributed by atoms with E-state index in [1.54, 1.807) is 11.0 Å². The van der Waals surface area contributed by atoms with Gasteiger partial charge in [0.1, 0.15) is 12.7 Å². The average Bonchev–Trinajstić information content (AvgIpc) is 2.52. The van der Waals surface area contributed by atoms with Crippen LogP contribution in [0.5, 0.6) is 0 Å². The van der Waals surface area contributed by atoms with Crippen LogP contribution in [-0.4, -0.2) is 26.0 Å². The van der Waals surface area contributed by atoms with E-state index < -0.39 is 6.10 Å². The highest BCUT2D eigenvalue weighted by atomic mass is 16.3. The Balaban J connectivity index is 2.28. The number of aliphatic hydroxyl groups is 1. The van der Waals surface area contributed by atoms with Crippen LogP contribution >= 0.6 is 0 Å². The molecule has 1 aromatic heterocycles. The van der Waals surface area contributed by atoms with Crippen LogP contribution in [-0.2, 0) is 6.54 Å². The fourth-order valence-corrected chi connectivity index (χ4v) is 0.731. The molecule has 11 heavy (non-hydrogen) atoms. The van der Waals surface area contributed by atoms with Gasteiger partial charge in [-0.15, -0.1) is 6.58 Å². The molecule has 0 saturated carbocycles. The van der Waals surface area contributed by atoms with Crippen molar-refractivity contribution in [2.75, 3.05) is 0 Å². The summed E-state index contributed by atoms with van der Waals surface area (Å²) in [6.07, 6.45) is 4.79. The fourth-order valence-electron chi connectivity index (χ4n) is 0.731. The molecule has 1 heterocycles. The first-order valence-electron chi connectivity index (χ1n) is 3.46. The van der Waals surface area contributed by atoms with E-state index in [1.807, 2.05) is 0 Å². The molecule has 0 saturated heterocycles. The predicted molar refractivity (Wildman–Crippen MR) is 40.8 cm³/mol. The van der Waals surface area contributed by atoms with E-state index in [0.29, 0.717) is 13.0 Å². The highest BCUT2D eigenvalue weighted by Crippen LogP contribution is 1.94. The fraction of sp³-hybridized carbons (Fsp3) is 0.429. The second-order valence-electron chi connectivity index (χ2n) is 2.25. The molecule has 0 fully saturated rings. The van der Waals surface area contributed by atoms with Crippen LogP contribution in [0.15, 0.2) is 25.3 Å². The van der Waals surface area contributed by atoms with Gasteiger partial charge in [-0.2, -0.15) is 5.10 Å². The Morgan fingerprint density at radius 3 is 3.09 bits per heavy atom. The quantitative estimate of drug-likeness (QED) is 0.629. The van der Waals surface area contributed by atoms with E-state index in [-0.39, 0.29) is 0 Å². The van der Waals surface area contributed by atoms with Gasteiger partial charge >= 0.3 is 0 Å². The van der Waals surface area contributed by atoms with E-state index in [4.69, 9.17) is 5.11 Å². The minimum absolute atomic E-state index is 0.445. The maximum atomic E-state index is 9.08. The van der Waals surface area contributed by atoms with Crippen molar-refractivity contribution >= 4 is 0 Å². The lowest BCUT2D eigenvalue weighted by Gasteiger charge is -2.03. The Hall–Kier alpha value is -1.16. The Morgan fingerprint density at radius 2 is 2.55 bits per heavy atom. The molecule has 1 aromatic rings. The summed E-state index contributed by atoms with van der Waals surface area (Å²) in [7, 11) is 0. The van der Waals surface area contributed by atoms with E-state index in [9.17, 15) is 0 Å². The minimum Gasteiger partial charge on any atom is -0.389 e. The van der Waals surface area contributed by atoms with Crippen molar-refractivity contribution in [2.45, 2.75) is 19.1 Å². The molecule has 0 aliphatic heterocycles. The van der Waals surface area contributed by atoms with E-state index >= 15 is 0 Å². The third-order valence-electron chi connectivity index (χ3n) is 1.39. The molecule has 1 unspecified atom stereocenters. The predicted octanol–water partition coefficient (Wildman–Crippen LogP) is 0.215. The monoisotopic (exact) mass is 153 g/mol. The number of aromatic nitrogens is 3. The van der Waals surface area contributed by atoms with Gasteiger partial charge in [0.2, 0.25) is 0 Å². The molecule has 0 aliphatic rings. The van der Waals surface area contributed by atoms with Gasteiger partial charge in [-0.25, -0.2) is 4.98 Å². The SMILES string of the molecule is C=CC(O)CCn1cncn1. The van der Waals surface area contributed by atoms with Crippen LogP contribution < -0.4 is 0 Å². The first-order chi connectivity index (χ1) is 5.33. The number of nitrogens with zero attached hydrogens (tertiary/aromatic N) is 3. The van der Waals surface area contributed by atoms with E-state index in [0.717, 1.165) is 0 Å². The molecule has 0 aliphatic carbocycles. The average molecular weight is 153 g/mol. The van der Waals surface area contributed by atoms with E-state index in [2.05, 4.69) is 16.7 Å². The molecule has 4 heteroatoms. The lowest BCUT2D eigenvalue weighted by atomic mass is 10.2. The lowest BCUT2D eigenvalue weighted by molar-refractivity contribution is 0.204. The van der Waals surface area contributed by atoms with Crippen LogP contribution in [0.3, 0.4) is 0 Å². The molecular weight excluding hydrogens is 142 g/mol. The molecule has 60 valence electrons. The number of hydrogen-bond acceptors (Lipinski definition) is 3. The van der Waals surface area contributed by atoms with Gasteiger partial charge in [0.25, 0.3) is 0 Å². The largest absolute Gasteiger partial charge is 0.389 e. The van der Waals surface area contributed by atoms with E-state index in [1.165, 1.54) is 12.4 Å². The molecule has 0 radical (unpaired) electrons. The van der Waals surface area contributed by atoms with Crippen LogP contribution in [0.25, 0.3) is 0 Å². The summed E-state index contributed by atoms with van der Waals surface area (Å²) >= 11 is 0. The smallest absolute Gasteiger partial charge is 0.137 e. The first-order valence-corrected chi connectivity index (χ1v) is 3.46. The molecule has 1 rings (SSSR count). The molecule has 4 nitrogen and oxygen atoms in total. The standard InChI is InChI=1S/C7H11N3O/c1-2-7(11)3-4-10-6-8-5-9-10/h2,5-7,11H,1,3-4H2. The molecular formula is C7H11N3O. The Kier molecular flexibility index (Phi) is 2.80. The summed E-state index contributed by atoms with van der Waals surface area (Å²) in [5.74, 6) is 0. The molecule has 0 spiro atoms. The number of hydrogen-bond donors (Lipinski definition) is 1. The molecule has 0 aromatic carbocycles. The Labute approximate surface area is 65.2 Å². The number of aliphatic hydroxyl groups excluding tert-OH is 1. The molecule has 1 N–H and O–H groups in total. The van der Waals surface area contributed by atoms with Crippen LogP contribution in [0.2, 0.25) is 0 Å². The molecule has 1 atom stereocenters. The van der Waals surface area contributed by atoms with Crippen molar-refractivity contribution in [3.05, 3.63) is 25.3 Å². The van der Waals surface area contributed by atoms with Crippen molar-refractivity contribution in [2.24, 2.45) is 0 Å². The van der Waals surface area contributed by atoms with Gasteiger partial charge in [-0.3, -0.25) is 4.68 Å². The van der Waals surface area contributed by atoms with Crippen molar-refractivity contribution in [1.82, 2.24) is 14.8 Å². The van der Waals surface area contributed by atoms with Gasteiger partial charge in [0.05, 0.1) is 6.10 Å². The van der Waals surface area contributed by atoms with Gasteiger partial charge in [-0.1, -0.05) is 6.08 Å². The summed E-state index contributed by atoms with van der Waals surface area (Å²) in [6.45, 7) is 4.14. The highest BCUT2D eigenvalue weighted by Gasteiger charge is 1.97. The Morgan fingerprint density at radius 1 is 1.73 bits per heavy atom. The second kappa shape index (κ2) is 3.88. The summed E-state index contributed by atoms with van der Waals surface area (Å²) < 4.78 is 1.67. The summed E-state index contributed by atoms with van der Waals surface area (Å²) in [5.41, 5.74) is 0. The molecule has 0 amide bonds. The molecule has 0 bridgehead atoms. The minimum atomic E-state index is -0.445. The summed E-state index contributed by atoms with van der Waals surface area (Å²) in [6, 6.07) is 0. The summed E-state index contributed by atoms with van der Waals surface area (Å²) in [5, 5.41) is 13.0. The zero-order valence-electron chi connectivity index (χ0n) is 6.22. The van der Waals surface area contributed by atoms with Gasteiger partial charge in [-0.05, 0) is 6.42 Å². The maximum Gasteiger partial charge on any atom is 0.137 e. The lowest BCUT2D eigenvalue weighted by Crippen LogP contribution is -2.08. The Bertz CT molecular complexity index is 207. The van der Waals surface area contributed by atoms with Gasteiger partial charge < -0.3 is 5.11 Å². The second-order valence-corrected chi connectivity index (χ2v) is 2.25. The highest BCUT2D eigenvalue weighted by molar-refractivity contribution is 4.77. The van der Waals surface area contributed by atoms with Crippen LogP contribution in [0.1, 0.15) is 6.42 Å². The summed E-state index contributed by atoms with van der Waals surface area (Å²) in [4.78, 5) is 3.77. The first kappa shape index (κ1) is 7.94. The van der Waals surface area contributed by atoms with Gasteiger partial charge in [0, 0.05) is 6.54 Å². The van der Waals surface area contributed by atoms with Crippen LogP contribution in [0, 0.1) is 0 Å². The van der Waals surface area contributed by atoms with Gasteiger partial charge in [0.15, 0.2) is 0 Å². The van der Waals surface area contributed by atoms with Crippen molar-refractivity contribution in [3.8, 4) is 0 Å². The zero-order valence-corrected chi connectivity index (χ0v) is 6.22.